The molecule has 5 saturated carbocycles. The Balaban J connectivity index is 1.41. The van der Waals surface area contributed by atoms with Crippen molar-refractivity contribution in [1.29, 1.82) is 0 Å². The molecule has 0 bridgehead atoms. The lowest BCUT2D eigenvalue weighted by Gasteiger charge is -2.72. The molecule has 0 saturated heterocycles. The van der Waals surface area contributed by atoms with Crippen LogP contribution in [-0.4, -0.2) is 18.9 Å². The van der Waals surface area contributed by atoms with Gasteiger partial charge in [0.1, 0.15) is 0 Å². The molecule has 5 aliphatic rings. The molecular weight excluding hydrogens is 584 g/mol. The molecule has 4 heteroatoms. The first kappa shape index (κ1) is 30.4. The predicted octanol–water partition coefficient (Wildman–Crippen LogP) is 9.84. The molecule has 0 unspecified atom stereocenters. The second-order valence-corrected chi connectivity index (χ2v) is 17.2. The van der Waals surface area contributed by atoms with Gasteiger partial charge in [0.2, 0.25) is 0 Å². The molecule has 0 heterocycles. The van der Waals surface area contributed by atoms with Gasteiger partial charge < -0.3 is 4.74 Å². The van der Waals surface area contributed by atoms with Gasteiger partial charge in [-0.15, -0.1) is 0 Å². The minimum absolute atomic E-state index is 0.0245. The monoisotopic (exact) mass is 634 g/mol. The van der Waals surface area contributed by atoms with E-state index in [1.54, 1.807) is 7.11 Å². The van der Waals surface area contributed by atoms with E-state index in [4.69, 9.17) is 4.74 Å². The van der Waals surface area contributed by atoms with E-state index >= 15 is 0 Å². The SMILES string of the molecule is C=C(C)[C@H]1CC[C@@]2(C(=O)OC)CC[C@]3(C)[C@@H](CC[C@H]4[C@@]5(C)C/C(=C\c6ccc(Br)cc6)C(=O)C(C)(C)[C@@H]5CC[C@@]43C)[C@H]12. The van der Waals surface area contributed by atoms with E-state index in [0.717, 1.165) is 60.6 Å². The van der Waals surface area contributed by atoms with Crippen molar-refractivity contribution < 1.29 is 14.3 Å². The number of rotatable bonds is 3. The first-order valence-corrected chi connectivity index (χ1v) is 17.2. The maximum absolute atomic E-state index is 14.1. The largest absolute Gasteiger partial charge is 0.469 e. The zero-order valence-corrected chi connectivity index (χ0v) is 28.5. The summed E-state index contributed by atoms with van der Waals surface area (Å²) in [5.74, 6) is 2.50. The number of carbonyl (C=O) groups is 2. The number of carbonyl (C=O) groups excluding carboxylic acids is 2. The fourth-order valence-corrected chi connectivity index (χ4v) is 12.7. The van der Waals surface area contributed by atoms with Crippen molar-refractivity contribution in [2.45, 2.75) is 99.3 Å². The molecule has 0 aliphatic heterocycles. The van der Waals surface area contributed by atoms with E-state index in [0.29, 0.717) is 35.4 Å². The number of esters is 1. The molecule has 5 aliphatic carbocycles. The molecule has 0 N–H and O–H groups in total. The summed E-state index contributed by atoms with van der Waals surface area (Å²) in [5, 5.41) is 0. The molecule has 228 valence electrons. The first-order valence-electron chi connectivity index (χ1n) is 16.4. The van der Waals surface area contributed by atoms with Crippen LogP contribution in [0.15, 0.2) is 46.5 Å². The summed E-state index contributed by atoms with van der Waals surface area (Å²) >= 11 is 3.56. The average Bonchev–Trinajstić information content (AvgIpc) is 3.34. The van der Waals surface area contributed by atoms with Gasteiger partial charge in [-0.25, -0.2) is 0 Å². The number of ketones is 1. The van der Waals surface area contributed by atoms with Crippen LogP contribution in [0, 0.1) is 56.7 Å². The Morgan fingerprint density at radius 3 is 2.26 bits per heavy atom. The normalized spacial score (nSPS) is 44.9. The number of ether oxygens (including phenoxy) is 1. The van der Waals surface area contributed by atoms with Crippen molar-refractivity contribution in [3.8, 4) is 0 Å². The van der Waals surface area contributed by atoms with Gasteiger partial charge in [0, 0.05) is 9.89 Å². The van der Waals surface area contributed by atoms with Crippen LogP contribution in [0.5, 0.6) is 0 Å². The van der Waals surface area contributed by atoms with E-state index in [1.807, 2.05) is 0 Å². The van der Waals surface area contributed by atoms with Crippen LogP contribution in [0.25, 0.3) is 6.08 Å². The zero-order chi connectivity index (χ0) is 30.5. The van der Waals surface area contributed by atoms with E-state index in [1.165, 1.54) is 18.4 Å². The maximum Gasteiger partial charge on any atom is 0.312 e. The molecule has 0 radical (unpaired) electrons. The lowest BCUT2D eigenvalue weighted by Crippen LogP contribution is -2.67. The Labute approximate surface area is 262 Å². The third-order valence-electron chi connectivity index (χ3n) is 14.5. The third kappa shape index (κ3) is 3.94. The highest BCUT2D eigenvalue weighted by Gasteiger charge is 2.72. The van der Waals surface area contributed by atoms with Crippen molar-refractivity contribution >= 4 is 33.8 Å². The molecule has 0 amide bonds. The van der Waals surface area contributed by atoms with Gasteiger partial charge in [0.05, 0.1) is 12.5 Å². The van der Waals surface area contributed by atoms with Crippen molar-refractivity contribution in [1.82, 2.24) is 0 Å². The minimum Gasteiger partial charge on any atom is -0.469 e. The molecule has 1 aromatic carbocycles. The number of benzene rings is 1. The van der Waals surface area contributed by atoms with E-state index in [9.17, 15) is 9.59 Å². The Morgan fingerprint density at radius 2 is 1.62 bits per heavy atom. The van der Waals surface area contributed by atoms with E-state index in [2.05, 4.69) is 94.4 Å². The Bertz CT molecular complexity index is 1340. The topological polar surface area (TPSA) is 43.4 Å². The summed E-state index contributed by atoms with van der Waals surface area (Å²) in [5.41, 5.74) is 2.98. The van der Waals surface area contributed by atoms with Gasteiger partial charge in [-0.05, 0) is 140 Å². The zero-order valence-electron chi connectivity index (χ0n) is 26.9. The van der Waals surface area contributed by atoms with Gasteiger partial charge in [0.15, 0.2) is 5.78 Å². The molecule has 9 atom stereocenters. The molecule has 5 fully saturated rings. The summed E-state index contributed by atoms with van der Waals surface area (Å²) in [7, 11) is 1.59. The number of fused-ring (bicyclic) bond motifs is 7. The molecule has 0 spiro atoms. The van der Waals surface area contributed by atoms with Crippen LogP contribution in [-0.2, 0) is 14.3 Å². The van der Waals surface area contributed by atoms with Crippen molar-refractivity contribution in [2.75, 3.05) is 7.11 Å². The standard InChI is InChI=1S/C38H51BrO3/c1-23(2)27-15-18-38(33(41)42-8)20-19-36(6)28(31(27)38)13-14-30-35(5)22-25(21-24-9-11-26(39)12-10-24)32(40)34(3,4)29(35)16-17-37(30,36)7/h9-12,21,27-31H,1,13-20,22H2,2-8H3/b25-21+/t27-,28+,29+,30+,31+,35+,36-,37+,38-/m1/s1. The van der Waals surface area contributed by atoms with Crippen LogP contribution in [0.2, 0.25) is 0 Å². The summed E-state index contributed by atoms with van der Waals surface area (Å²) in [6.45, 7) is 18.8. The summed E-state index contributed by atoms with van der Waals surface area (Å²) in [4.78, 5) is 27.6. The van der Waals surface area contributed by atoms with Crippen molar-refractivity contribution in [2.24, 2.45) is 56.7 Å². The lowest BCUT2D eigenvalue weighted by molar-refractivity contribution is -0.232. The van der Waals surface area contributed by atoms with Gasteiger partial charge in [-0.1, -0.05) is 74.8 Å². The van der Waals surface area contributed by atoms with E-state index in [-0.39, 0.29) is 33.0 Å². The fraction of sp³-hybridized carbons (Fsp3) is 0.684. The van der Waals surface area contributed by atoms with Gasteiger partial charge in [-0.2, -0.15) is 0 Å². The third-order valence-corrected chi connectivity index (χ3v) is 15.0. The second-order valence-electron chi connectivity index (χ2n) is 16.3. The van der Waals surface area contributed by atoms with Crippen LogP contribution in [0.1, 0.15) is 105 Å². The predicted molar refractivity (Wildman–Crippen MR) is 173 cm³/mol. The van der Waals surface area contributed by atoms with Crippen molar-refractivity contribution in [3.05, 3.63) is 52.0 Å². The van der Waals surface area contributed by atoms with Gasteiger partial charge in [-0.3, -0.25) is 9.59 Å². The van der Waals surface area contributed by atoms with Crippen LogP contribution in [0.4, 0.5) is 0 Å². The van der Waals surface area contributed by atoms with E-state index < -0.39 is 0 Å². The summed E-state index contributed by atoms with van der Waals surface area (Å²) in [6.07, 6.45) is 11.7. The van der Waals surface area contributed by atoms with Crippen LogP contribution < -0.4 is 0 Å². The van der Waals surface area contributed by atoms with Gasteiger partial charge >= 0.3 is 5.97 Å². The smallest absolute Gasteiger partial charge is 0.312 e. The maximum atomic E-state index is 14.1. The molecule has 3 nitrogen and oxygen atoms in total. The summed E-state index contributed by atoms with van der Waals surface area (Å²) in [6, 6.07) is 8.35. The average molecular weight is 636 g/mol. The highest BCUT2D eigenvalue weighted by Crippen LogP contribution is 2.77. The van der Waals surface area contributed by atoms with Gasteiger partial charge in [0.25, 0.3) is 0 Å². The minimum atomic E-state index is -0.379. The number of Topliss-reactive ketones (excluding diaryl/α,β-unsaturated/α-hetero) is 1. The Kier molecular flexibility index (Phi) is 7.16. The number of halogens is 1. The number of hydrogen-bond donors (Lipinski definition) is 0. The number of hydrogen-bond acceptors (Lipinski definition) is 3. The fourth-order valence-electron chi connectivity index (χ4n) is 12.4. The first-order chi connectivity index (χ1) is 19.7. The summed E-state index contributed by atoms with van der Waals surface area (Å²) < 4.78 is 6.60. The molecular formula is C38H51BrO3. The molecule has 42 heavy (non-hydrogen) atoms. The Hall–Kier alpha value is -1.68. The second kappa shape index (κ2) is 9.91. The van der Waals surface area contributed by atoms with Crippen LogP contribution >= 0.6 is 15.9 Å². The highest BCUT2D eigenvalue weighted by atomic mass is 79.9. The highest BCUT2D eigenvalue weighted by molar-refractivity contribution is 9.10. The van der Waals surface area contributed by atoms with Crippen molar-refractivity contribution in [3.63, 3.8) is 0 Å². The molecule has 0 aromatic heterocycles. The number of allylic oxidation sites excluding steroid dienone is 2. The number of methoxy groups -OCH3 is 1. The quantitative estimate of drug-likeness (QED) is 0.189. The Morgan fingerprint density at radius 1 is 0.929 bits per heavy atom. The molecule has 6 rings (SSSR count). The molecule has 1 aromatic rings. The van der Waals surface area contributed by atoms with Crippen LogP contribution in [0.3, 0.4) is 0 Å². The lowest BCUT2D eigenvalue weighted by atomic mass is 9.32.